The molecule has 0 bridgehead atoms. The Kier molecular flexibility index (Phi) is 6.03. The molecule has 0 atom stereocenters. The molecule has 1 aromatic heterocycles. The van der Waals surface area contributed by atoms with Crippen molar-refractivity contribution in [3.63, 3.8) is 0 Å². The van der Waals surface area contributed by atoms with Crippen LogP contribution in [-0.4, -0.2) is 84.5 Å². The molecule has 2 aliphatic heterocycles. The Morgan fingerprint density at radius 3 is 2.36 bits per heavy atom. The van der Waals surface area contributed by atoms with Gasteiger partial charge in [0.2, 0.25) is 11.9 Å². The average Bonchev–Trinajstić information content (AvgIpc) is 2.70. The van der Waals surface area contributed by atoms with Crippen LogP contribution in [0.1, 0.15) is 19.3 Å². The van der Waals surface area contributed by atoms with E-state index in [9.17, 15) is 4.79 Å². The largest absolute Gasteiger partial charge is 0.347 e. The van der Waals surface area contributed by atoms with Crippen molar-refractivity contribution in [3.8, 4) is 0 Å². The second kappa shape index (κ2) is 8.64. The number of piperazine rings is 1. The molecule has 1 amide bonds. The zero-order valence-corrected chi connectivity index (χ0v) is 14.9. The number of piperidine rings is 1. The van der Waals surface area contributed by atoms with E-state index in [-0.39, 0.29) is 5.91 Å². The van der Waals surface area contributed by atoms with Gasteiger partial charge in [0, 0.05) is 58.7 Å². The van der Waals surface area contributed by atoms with Gasteiger partial charge >= 0.3 is 0 Å². The molecule has 0 saturated carbocycles. The highest BCUT2D eigenvalue weighted by Gasteiger charge is 2.22. The Labute approximate surface area is 148 Å². The van der Waals surface area contributed by atoms with Gasteiger partial charge in [-0.3, -0.25) is 9.79 Å². The molecule has 0 aromatic carbocycles. The minimum atomic E-state index is 0.164. The number of carbonyl (C=O) groups excluding carboxylic acids is 1. The summed E-state index contributed by atoms with van der Waals surface area (Å²) in [6.07, 6.45) is 6.99. The number of aromatic nitrogens is 2. The Morgan fingerprint density at radius 1 is 1.04 bits per heavy atom. The molecule has 2 saturated heterocycles. The lowest BCUT2D eigenvalue weighted by atomic mass is 10.1. The Morgan fingerprint density at radius 2 is 1.72 bits per heavy atom. The monoisotopic (exact) mass is 345 g/mol. The highest BCUT2D eigenvalue weighted by molar-refractivity contribution is 5.86. The standard InChI is InChI=1S/C17H27N7O/c1-18-16(21-14-15(25)22-8-3-2-4-9-22)23-10-12-24(13-11-23)17-19-6-5-7-20-17/h5-7H,2-4,8-14H2,1H3,(H,18,21). The van der Waals surface area contributed by atoms with E-state index in [1.54, 1.807) is 19.4 Å². The van der Waals surface area contributed by atoms with E-state index in [0.717, 1.165) is 64.0 Å². The zero-order valence-electron chi connectivity index (χ0n) is 14.9. The van der Waals surface area contributed by atoms with E-state index in [0.29, 0.717) is 6.54 Å². The summed E-state index contributed by atoms with van der Waals surface area (Å²) in [5, 5.41) is 3.23. The van der Waals surface area contributed by atoms with Crippen LogP contribution >= 0.6 is 0 Å². The summed E-state index contributed by atoms with van der Waals surface area (Å²) in [5.41, 5.74) is 0. The predicted octanol–water partition coefficient (Wildman–Crippen LogP) is 0.187. The summed E-state index contributed by atoms with van der Waals surface area (Å²) in [7, 11) is 1.76. The molecule has 136 valence electrons. The predicted molar refractivity (Wildman–Crippen MR) is 97.6 cm³/mol. The minimum Gasteiger partial charge on any atom is -0.347 e. The number of nitrogens with zero attached hydrogens (tertiary/aromatic N) is 6. The number of likely N-dealkylation sites (tertiary alicyclic amines) is 1. The number of hydrogen-bond acceptors (Lipinski definition) is 5. The Hall–Kier alpha value is -2.38. The third kappa shape index (κ3) is 4.58. The molecule has 1 aromatic rings. The van der Waals surface area contributed by atoms with E-state index in [4.69, 9.17) is 0 Å². The molecule has 3 rings (SSSR count). The summed E-state index contributed by atoms with van der Waals surface area (Å²) >= 11 is 0. The van der Waals surface area contributed by atoms with Crippen molar-refractivity contribution < 1.29 is 4.79 Å². The SMILES string of the molecule is CN=C(NCC(=O)N1CCCCC1)N1CCN(c2ncccn2)CC1. The van der Waals surface area contributed by atoms with E-state index < -0.39 is 0 Å². The fraction of sp³-hybridized carbons (Fsp3) is 0.647. The zero-order chi connectivity index (χ0) is 17.5. The first-order valence-corrected chi connectivity index (χ1v) is 9.03. The van der Waals surface area contributed by atoms with Gasteiger partial charge in [-0.1, -0.05) is 0 Å². The summed E-state index contributed by atoms with van der Waals surface area (Å²) in [4.78, 5) is 31.6. The van der Waals surface area contributed by atoms with Crippen LogP contribution in [0.25, 0.3) is 0 Å². The molecular weight excluding hydrogens is 318 g/mol. The van der Waals surface area contributed by atoms with Crippen LogP contribution in [0.15, 0.2) is 23.5 Å². The summed E-state index contributed by atoms with van der Waals surface area (Å²) in [6, 6.07) is 1.82. The number of guanidine groups is 1. The highest BCUT2D eigenvalue weighted by Crippen LogP contribution is 2.10. The number of rotatable bonds is 3. The van der Waals surface area contributed by atoms with E-state index in [1.165, 1.54) is 6.42 Å². The first kappa shape index (κ1) is 17.4. The fourth-order valence-electron chi connectivity index (χ4n) is 3.31. The lowest BCUT2D eigenvalue weighted by molar-refractivity contribution is -0.130. The van der Waals surface area contributed by atoms with Gasteiger partial charge in [-0.15, -0.1) is 0 Å². The van der Waals surface area contributed by atoms with Crippen molar-refractivity contribution in [2.75, 3.05) is 57.8 Å². The van der Waals surface area contributed by atoms with E-state index in [2.05, 4.69) is 30.1 Å². The quantitative estimate of drug-likeness (QED) is 0.622. The fourth-order valence-corrected chi connectivity index (χ4v) is 3.31. The lowest BCUT2D eigenvalue weighted by Crippen LogP contribution is -2.54. The number of amides is 1. The molecule has 0 radical (unpaired) electrons. The molecule has 0 unspecified atom stereocenters. The van der Waals surface area contributed by atoms with Crippen molar-refractivity contribution in [1.29, 1.82) is 0 Å². The van der Waals surface area contributed by atoms with E-state index >= 15 is 0 Å². The van der Waals surface area contributed by atoms with Crippen LogP contribution in [-0.2, 0) is 4.79 Å². The smallest absolute Gasteiger partial charge is 0.241 e. The average molecular weight is 345 g/mol. The van der Waals surface area contributed by atoms with Gasteiger partial charge < -0.3 is 20.0 Å². The summed E-state index contributed by atoms with van der Waals surface area (Å²) in [6.45, 7) is 5.42. The van der Waals surface area contributed by atoms with Crippen molar-refractivity contribution in [2.24, 2.45) is 4.99 Å². The van der Waals surface area contributed by atoms with Crippen LogP contribution in [0.5, 0.6) is 0 Å². The van der Waals surface area contributed by atoms with Crippen LogP contribution in [0.4, 0.5) is 5.95 Å². The van der Waals surface area contributed by atoms with Crippen molar-refractivity contribution in [2.45, 2.75) is 19.3 Å². The van der Waals surface area contributed by atoms with Crippen molar-refractivity contribution >= 4 is 17.8 Å². The molecule has 2 fully saturated rings. The first-order valence-electron chi connectivity index (χ1n) is 9.03. The van der Waals surface area contributed by atoms with Gasteiger partial charge in [-0.2, -0.15) is 0 Å². The van der Waals surface area contributed by atoms with Crippen molar-refractivity contribution in [3.05, 3.63) is 18.5 Å². The lowest BCUT2D eigenvalue weighted by Gasteiger charge is -2.36. The maximum absolute atomic E-state index is 12.3. The number of aliphatic imine (C=N–C) groups is 1. The highest BCUT2D eigenvalue weighted by atomic mass is 16.2. The Bertz CT molecular complexity index is 578. The molecule has 0 aliphatic carbocycles. The van der Waals surface area contributed by atoms with Crippen LogP contribution in [0.3, 0.4) is 0 Å². The maximum atomic E-state index is 12.3. The van der Waals surface area contributed by atoms with Crippen LogP contribution in [0, 0.1) is 0 Å². The molecular formula is C17H27N7O. The van der Waals surface area contributed by atoms with Gasteiger partial charge in [0.1, 0.15) is 0 Å². The van der Waals surface area contributed by atoms with Gasteiger partial charge in [0.25, 0.3) is 0 Å². The van der Waals surface area contributed by atoms with Gasteiger partial charge in [-0.05, 0) is 25.3 Å². The number of hydrogen-bond donors (Lipinski definition) is 1. The van der Waals surface area contributed by atoms with Gasteiger partial charge in [-0.25, -0.2) is 9.97 Å². The molecule has 2 aliphatic rings. The number of carbonyl (C=O) groups is 1. The summed E-state index contributed by atoms with van der Waals surface area (Å²) < 4.78 is 0. The second-order valence-corrected chi connectivity index (χ2v) is 6.37. The first-order chi connectivity index (χ1) is 12.3. The summed E-state index contributed by atoms with van der Waals surface area (Å²) in [5.74, 6) is 1.72. The number of anilines is 1. The van der Waals surface area contributed by atoms with Gasteiger partial charge in [0.05, 0.1) is 6.54 Å². The third-order valence-electron chi connectivity index (χ3n) is 4.73. The second-order valence-electron chi connectivity index (χ2n) is 6.37. The third-order valence-corrected chi connectivity index (χ3v) is 4.73. The molecule has 8 nitrogen and oxygen atoms in total. The number of nitrogens with one attached hydrogen (secondary N) is 1. The topological polar surface area (TPSA) is 77.0 Å². The van der Waals surface area contributed by atoms with Crippen LogP contribution in [0.2, 0.25) is 0 Å². The molecule has 8 heteroatoms. The molecule has 1 N–H and O–H groups in total. The van der Waals surface area contributed by atoms with Crippen molar-refractivity contribution in [1.82, 2.24) is 25.1 Å². The van der Waals surface area contributed by atoms with Crippen LogP contribution < -0.4 is 10.2 Å². The maximum Gasteiger partial charge on any atom is 0.241 e. The normalized spacial score (nSPS) is 19.1. The molecule has 0 spiro atoms. The minimum absolute atomic E-state index is 0.164. The van der Waals surface area contributed by atoms with Gasteiger partial charge in [0.15, 0.2) is 5.96 Å². The molecule has 3 heterocycles. The molecule has 25 heavy (non-hydrogen) atoms. The Balaban J connectivity index is 1.47. The van der Waals surface area contributed by atoms with E-state index in [1.807, 2.05) is 11.0 Å².